The van der Waals surface area contributed by atoms with Crippen LogP contribution in [0.3, 0.4) is 0 Å². The van der Waals surface area contributed by atoms with Crippen molar-refractivity contribution >= 4 is 27.5 Å². The van der Waals surface area contributed by atoms with Crippen molar-refractivity contribution in [2.24, 2.45) is 0 Å². The number of likely N-dealkylation sites (N-methyl/N-ethyl adjacent to an activating group) is 1. The fraction of sp³-hybridized carbons (Fsp3) is 0.125. The second kappa shape index (κ2) is 5.51. The molecule has 118 valence electrons. The summed E-state index contributed by atoms with van der Waals surface area (Å²) < 4.78 is 25.3. The van der Waals surface area contributed by atoms with E-state index in [9.17, 15) is 18.0 Å². The van der Waals surface area contributed by atoms with Crippen molar-refractivity contribution in [2.75, 3.05) is 12.4 Å². The molecule has 2 aromatic rings. The van der Waals surface area contributed by atoms with Gasteiger partial charge in [0.15, 0.2) is 0 Å². The molecule has 0 fully saturated rings. The maximum atomic E-state index is 12.5. The van der Waals surface area contributed by atoms with E-state index in [0.29, 0.717) is 9.99 Å². The van der Waals surface area contributed by atoms with Crippen LogP contribution in [0.4, 0.5) is 5.69 Å². The average molecular weight is 330 g/mol. The van der Waals surface area contributed by atoms with Crippen LogP contribution in [0.2, 0.25) is 0 Å². The van der Waals surface area contributed by atoms with Gasteiger partial charge >= 0.3 is 0 Å². The van der Waals surface area contributed by atoms with Crippen LogP contribution in [0.15, 0.2) is 59.5 Å². The summed E-state index contributed by atoms with van der Waals surface area (Å²) in [5.41, 5.74) is 0.739. The molecule has 2 amide bonds. The van der Waals surface area contributed by atoms with Crippen LogP contribution in [0, 0.1) is 0 Å². The standard InChI is InChI=1S/C16H14N2O4S/c1-18-16(20)14(15(19)17-11-7-3-2-4-8-11)12-9-5-6-10-13(12)23(18,21)22/h2-10,14H,1H3,(H,17,19). The SMILES string of the molecule is CN1C(=O)C(C(=O)Nc2ccccc2)c2ccccc2S1(=O)=O. The average Bonchev–Trinajstić information content (AvgIpc) is 2.54. The third kappa shape index (κ3) is 2.49. The molecule has 6 nitrogen and oxygen atoms in total. The van der Waals surface area contributed by atoms with Gasteiger partial charge in [-0.15, -0.1) is 0 Å². The van der Waals surface area contributed by atoms with Crippen molar-refractivity contribution in [1.29, 1.82) is 0 Å². The van der Waals surface area contributed by atoms with E-state index in [-0.39, 0.29) is 10.5 Å². The Labute approximate surface area is 133 Å². The summed E-state index contributed by atoms with van der Waals surface area (Å²) in [4.78, 5) is 24.9. The molecule has 1 atom stereocenters. The molecule has 1 heterocycles. The van der Waals surface area contributed by atoms with Gasteiger partial charge in [0, 0.05) is 12.7 Å². The molecule has 0 aromatic heterocycles. The van der Waals surface area contributed by atoms with Crippen LogP contribution >= 0.6 is 0 Å². The zero-order valence-corrected chi connectivity index (χ0v) is 13.1. The second-order valence-electron chi connectivity index (χ2n) is 5.14. The Morgan fingerprint density at radius 2 is 1.65 bits per heavy atom. The van der Waals surface area contributed by atoms with E-state index in [1.165, 1.54) is 12.1 Å². The van der Waals surface area contributed by atoms with Crippen LogP contribution in [0.1, 0.15) is 11.5 Å². The molecule has 1 aliphatic heterocycles. The summed E-state index contributed by atoms with van der Waals surface area (Å²) in [6.45, 7) is 0. The number of amides is 2. The summed E-state index contributed by atoms with van der Waals surface area (Å²) in [5.74, 6) is -2.52. The minimum absolute atomic E-state index is 0.0182. The number of rotatable bonds is 2. The number of carbonyl (C=O) groups is 2. The lowest BCUT2D eigenvalue weighted by Crippen LogP contribution is -2.45. The minimum Gasteiger partial charge on any atom is -0.325 e. The number of anilines is 1. The highest BCUT2D eigenvalue weighted by molar-refractivity contribution is 7.89. The lowest BCUT2D eigenvalue weighted by Gasteiger charge is -2.30. The van der Waals surface area contributed by atoms with Crippen LogP contribution in [-0.4, -0.2) is 31.6 Å². The minimum atomic E-state index is -3.91. The Hall–Kier alpha value is -2.67. The van der Waals surface area contributed by atoms with E-state index in [0.717, 1.165) is 7.05 Å². The van der Waals surface area contributed by atoms with Crippen LogP contribution in [0.25, 0.3) is 0 Å². The van der Waals surface area contributed by atoms with E-state index in [2.05, 4.69) is 5.32 Å². The quantitative estimate of drug-likeness (QED) is 0.847. The first-order valence-electron chi connectivity index (χ1n) is 6.90. The fourth-order valence-electron chi connectivity index (χ4n) is 2.52. The molecule has 0 radical (unpaired) electrons. The van der Waals surface area contributed by atoms with Crippen molar-refractivity contribution in [3.05, 3.63) is 60.2 Å². The normalized spacial score (nSPS) is 19.1. The zero-order chi connectivity index (χ0) is 16.6. The number of nitrogens with zero attached hydrogens (tertiary/aromatic N) is 1. The molecule has 0 saturated carbocycles. The van der Waals surface area contributed by atoms with Gasteiger partial charge in [0.2, 0.25) is 5.91 Å². The van der Waals surface area contributed by atoms with Crippen molar-refractivity contribution in [3.63, 3.8) is 0 Å². The van der Waals surface area contributed by atoms with Gasteiger partial charge in [-0.05, 0) is 23.8 Å². The number of para-hydroxylation sites is 1. The summed E-state index contributed by atoms with van der Waals surface area (Å²) in [7, 11) is -2.74. The highest BCUT2D eigenvalue weighted by Gasteiger charge is 2.44. The van der Waals surface area contributed by atoms with Crippen molar-refractivity contribution in [3.8, 4) is 0 Å². The highest BCUT2D eigenvalue weighted by atomic mass is 32.2. The molecule has 1 unspecified atom stereocenters. The zero-order valence-electron chi connectivity index (χ0n) is 12.3. The molecule has 0 spiro atoms. The van der Waals surface area contributed by atoms with Crippen LogP contribution in [-0.2, 0) is 19.6 Å². The molecule has 0 aliphatic carbocycles. The van der Waals surface area contributed by atoms with Crippen molar-refractivity contribution in [1.82, 2.24) is 4.31 Å². The molecule has 0 bridgehead atoms. The Bertz CT molecular complexity index is 878. The third-order valence-corrected chi connectivity index (χ3v) is 5.56. The van der Waals surface area contributed by atoms with E-state index in [4.69, 9.17) is 0 Å². The molecule has 1 aliphatic rings. The number of carbonyl (C=O) groups excluding carboxylic acids is 2. The van der Waals surface area contributed by atoms with E-state index in [1.54, 1.807) is 42.5 Å². The van der Waals surface area contributed by atoms with E-state index < -0.39 is 27.8 Å². The number of sulfonamides is 1. The predicted octanol–water partition coefficient (Wildman–Crippen LogP) is 1.57. The molecule has 1 N–H and O–H groups in total. The third-order valence-electron chi connectivity index (χ3n) is 3.73. The summed E-state index contributed by atoms with van der Waals surface area (Å²) in [6.07, 6.45) is 0. The molecular weight excluding hydrogens is 316 g/mol. The molecule has 3 rings (SSSR count). The van der Waals surface area contributed by atoms with Crippen LogP contribution < -0.4 is 5.32 Å². The van der Waals surface area contributed by atoms with Gasteiger partial charge < -0.3 is 5.32 Å². The maximum absolute atomic E-state index is 12.5. The van der Waals surface area contributed by atoms with Gasteiger partial charge in [-0.3, -0.25) is 9.59 Å². The topological polar surface area (TPSA) is 83.6 Å². The summed E-state index contributed by atoms with van der Waals surface area (Å²) in [5, 5.41) is 2.65. The Morgan fingerprint density at radius 1 is 1.04 bits per heavy atom. The lowest BCUT2D eigenvalue weighted by atomic mass is 9.96. The molecule has 2 aromatic carbocycles. The van der Waals surface area contributed by atoms with Gasteiger partial charge in [-0.2, -0.15) is 0 Å². The Morgan fingerprint density at radius 3 is 2.35 bits per heavy atom. The summed E-state index contributed by atoms with van der Waals surface area (Å²) in [6, 6.07) is 14.8. The predicted molar refractivity (Wildman–Crippen MR) is 84.2 cm³/mol. The van der Waals surface area contributed by atoms with Crippen molar-refractivity contribution in [2.45, 2.75) is 10.8 Å². The monoisotopic (exact) mass is 330 g/mol. The molecule has 7 heteroatoms. The van der Waals surface area contributed by atoms with E-state index >= 15 is 0 Å². The molecule has 0 saturated heterocycles. The van der Waals surface area contributed by atoms with Gasteiger partial charge in [0.25, 0.3) is 15.9 Å². The van der Waals surface area contributed by atoms with Crippen LogP contribution in [0.5, 0.6) is 0 Å². The summed E-state index contributed by atoms with van der Waals surface area (Å²) >= 11 is 0. The highest BCUT2D eigenvalue weighted by Crippen LogP contribution is 2.34. The van der Waals surface area contributed by atoms with Gasteiger partial charge in [-0.25, -0.2) is 12.7 Å². The first-order chi connectivity index (χ1) is 10.9. The fourth-order valence-corrected chi connectivity index (χ4v) is 3.90. The largest absolute Gasteiger partial charge is 0.325 e. The number of fused-ring (bicyclic) bond motifs is 1. The Kier molecular flexibility index (Phi) is 3.65. The lowest BCUT2D eigenvalue weighted by molar-refractivity contribution is -0.132. The van der Waals surface area contributed by atoms with Gasteiger partial charge in [0.05, 0.1) is 4.90 Å². The first-order valence-corrected chi connectivity index (χ1v) is 8.34. The maximum Gasteiger partial charge on any atom is 0.266 e. The second-order valence-corrected chi connectivity index (χ2v) is 7.07. The first kappa shape index (κ1) is 15.2. The molecular formula is C16H14N2O4S. The van der Waals surface area contributed by atoms with Gasteiger partial charge in [0.1, 0.15) is 5.92 Å². The number of hydrogen-bond donors (Lipinski definition) is 1. The van der Waals surface area contributed by atoms with Crippen molar-refractivity contribution < 1.29 is 18.0 Å². The van der Waals surface area contributed by atoms with Gasteiger partial charge in [-0.1, -0.05) is 36.4 Å². The molecule has 23 heavy (non-hydrogen) atoms. The number of nitrogens with one attached hydrogen (secondary N) is 1. The van der Waals surface area contributed by atoms with E-state index in [1.807, 2.05) is 0 Å². The number of hydrogen-bond acceptors (Lipinski definition) is 4. The number of benzene rings is 2. The smallest absolute Gasteiger partial charge is 0.266 e. The Balaban J connectivity index is 2.05.